The molecule has 22 heavy (non-hydrogen) atoms. The van der Waals surface area contributed by atoms with E-state index in [0.717, 1.165) is 10.8 Å². The predicted molar refractivity (Wildman–Crippen MR) is 79.9 cm³/mol. The van der Waals surface area contributed by atoms with Crippen molar-refractivity contribution in [1.29, 1.82) is 0 Å². The van der Waals surface area contributed by atoms with Crippen LogP contribution in [0.2, 0.25) is 0 Å². The van der Waals surface area contributed by atoms with Gasteiger partial charge >= 0.3 is 11.9 Å². The van der Waals surface area contributed by atoms with Gasteiger partial charge in [-0.3, -0.25) is 0 Å². The van der Waals surface area contributed by atoms with Gasteiger partial charge in [0.2, 0.25) is 6.10 Å². The standard InChI is InChI=1S/C17H16O5/c1-10-7-15(17(19)21-10)22-16(18)13-8-11-5-3-4-6-12(11)9-14(13)20-2/h3-6,8-10,15H,7H2,1-2H3/t10-,15-/m1/s1. The Bertz CT molecular complexity index is 737. The summed E-state index contributed by atoms with van der Waals surface area (Å²) in [5, 5.41) is 1.86. The Morgan fingerprint density at radius 1 is 1.23 bits per heavy atom. The van der Waals surface area contributed by atoms with Crippen molar-refractivity contribution in [3.05, 3.63) is 42.0 Å². The van der Waals surface area contributed by atoms with Crippen LogP contribution in [0.3, 0.4) is 0 Å². The highest BCUT2D eigenvalue weighted by atomic mass is 16.6. The Morgan fingerprint density at radius 3 is 2.50 bits per heavy atom. The van der Waals surface area contributed by atoms with Crippen LogP contribution < -0.4 is 4.74 Å². The van der Waals surface area contributed by atoms with E-state index in [2.05, 4.69) is 0 Å². The number of cyclic esters (lactones) is 1. The minimum absolute atomic E-state index is 0.233. The molecule has 0 unspecified atom stereocenters. The SMILES string of the molecule is COc1cc2ccccc2cc1C(=O)O[C@@H]1C[C@@H](C)OC1=O. The zero-order valence-corrected chi connectivity index (χ0v) is 12.4. The third-order valence-electron chi connectivity index (χ3n) is 3.66. The minimum Gasteiger partial charge on any atom is -0.496 e. The van der Waals surface area contributed by atoms with Crippen molar-refractivity contribution < 1.29 is 23.8 Å². The van der Waals surface area contributed by atoms with E-state index in [1.807, 2.05) is 24.3 Å². The number of hydrogen-bond donors (Lipinski definition) is 0. The van der Waals surface area contributed by atoms with Crippen LogP contribution in [0.15, 0.2) is 36.4 Å². The Kier molecular flexibility index (Phi) is 3.71. The Morgan fingerprint density at radius 2 is 1.91 bits per heavy atom. The zero-order valence-electron chi connectivity index (χ0n) is 12.4. The molecule has 2 atom stereocenters. The molecule has 1 fully saturated rings. The van der Waals surface area contributed by atoms with E-state index in [-0.39, 0.29) is 6.10 Å². The van der Waals surface area contributed by atoms with Crippen molar-refractivity contribution in [2.75, 3.05) is 7.11 Å². The van der Waals surface area contributed by atoms with Gasteiger partial charge in [0.1, 0.15) is 17.4 Å². The second-order valence-corrected chi connectivity index (χ2v) is 5.28. The van der Waals surface area contributed by atoms with Crippen molar-refractivity contribution in [2.45, 2.75) is 25.6 Å². The molecular formula is C17H16O5. The first-order valence-electron chi connectivity index (χ1n) is 7.06. The zero-order chi connectivity index (χ0) is 15.7. The van der Waals surface area contributed by atoms with Gasteiger partial charge in [-0.05, 0) is 29.8 Å². The van der Waals surface area contributed by atoms with E-state index in [1.165, 1.54) is 7.11 Å². The quantitative estimate of drug-likeness (QED) is 0.816. The van der Waals surface area contributed by atoms with E-state index >= 15 is 0 Å². The fourth-order valence-electron chi connectivity index (χ4n) is 2.56. The molecule has 3 rings (SSSR count). The molecule has 0 spiro atoms. The molecule has 0 aliphatic carbocycles. The number of benzene rings is 2. The maximum absolute atomic E-state index is 12.4. The fraction of sp³-hybridized carbons (Fsp3) is 0.294. The van der Waals surface area contributed by atoms with Gasteiger partial charge in [0.15, 0.2) is 0 Å². The molecule has 1 saturated heterocycles. The molecule has 0 amide bonds. The van der Waals surface area contributed by atoms with Crippen molar-refractivity contribution in [2.24, 2.45) is 0 Å². The third-order valence-corrected chi connectivity index (χ3v) is 3.66. The third kappa shape index (κ3) is 2.62. The van der Waals surface area contributed by atoms with E-state index in [1.54, 1.807) is 19.1 Å². The lowest BCUT2D eigenvalue weighted by Gasteiger charge is -2.12. The summed E-state index contributed by atoms with van der Waals surface area (Å²) in [5.41, 5.74) is 0.300. The van der Waals surface area contributed by atoms with Crippen molar-refractivity contribution in [1.82, 2.24) is 0 Å². The summed E-state index contributed by atoms with van der Waals surface area (Å²) >= 11 is 0. The van der Waals surface area contributed by atoms with Gasteiger partial charge in [-0.1, -0.05) is 24.3 Å². The molecule has 0 N–H and O–H groups in total. The van der Waals surface area contributed by atoms with E-state index in [0.29, 0.717) is 17.7 Å². The monoisotopic (exact) mass is 300 g/mol. The summed E-state index contributed by atoms with van der Waals surface area (Å²) in [6.45, 7) is 1.77. The number of esters is 2. The lowest BCUT2D eigenvalue weighted by atomic mass is 10.1. The van der Waals surface area contributed by atoms with Crippen LogP contribution in [0.25, 0.3) is 10.8 Å². The summed E-state index contributed by atoms with van der Waals surface area (Å²) in [6.07, 6.45) is -0.706. The molecule has 5 heteroatoms. The van der Waals surface area contributed by atoms with Crippen molar-refractivity contribution in [3.63, 3.8) is 0 Å². The first-order valence-corrected chi connectivity index (χ1v) is 7.06. The highest BCUT2D eigenvalue weighted by molar-refractivity contribution is 5.99. The maximum atomic E-state index is 12.4. The molecule has 2 aromatic rings. The molecule has 0 bridgehead atoms. The molecule has 1 aliphatic heterocycles. The smallest absolute Gasteiger partial charge is 0.347 e. The summed E-state index contributed by atoms with van der Waals surface area (Å²) in [5.74, 6) is -0.664. The predicted octanol–water partition coefficient (Wildman–Crippen LogP) is 2.71. The molecule has 2 aromatic carbocycles. The van der Waals surface area contributed by atoms with Gasteiger partial charge in [0.05, 0.1) is 7.11 Å². The van der Waals surface area contributed by atoms with Crippen LogP contribution in [-0.4, -0.2) is 31.3 Å². The molecular weight excluding hydrogens is 284 g/mol. The summed E-state index contributed by atoms with van der Waals surface area (Å²) in [4.78, 5) is 24.0. The van der Waals surface area contributed by atoms with Gasteiger partial charge < -0.3 is 14.2 Å². The summed E-state index contributed by atoms with van der Waals surface area (Å²) in [7, 11) is 1.49. The lowest BCUT2D eigenvalue weighted by molar-refractivity contribution is -0.147. The summed E-state index contributed by atoms with van der Waals surface area (Å²) in [6, 6.07) is 11.1. The Hall–Kier alpha value is -2.56. The maximum Gasteiger partial charge on any atom is 0.347 e. The lowest BCUT2D eigenvalue weighted by Crippen LogP contribution is -2.23. The highest BCUT2D eigenvalue weighted by Gasteiger charge is 2.35. The van der Waals surface area contributed by atoms with Crippen LogP contribution in [0.4, 0.5) is 0 Å². The number of fused-ring (bicyclic) bond motifs is 1. The molecule has 0 saturated carbocycles. The Balaban J connectivity index is 1.91. The van der Waals surface area contributed by atoms with E-state index in [4.69, 9.17) is 14.2 Å². The average molecular weight is 300 g/mol. The number of carbonyl (C=O) groups is 2. The van der Waals surface area contributed by atoms with Crippen molar-refractivity contribution >= 4 is 22.7 Å². The molecule has 0 radical (unpaired) electrons. The highest BCUT2D eigenvalue weighted by Crippen LogP contribution is 2.28. The minimum atomic E-state index is -0.848. The number of carbonyl (C=O) groups excluding carboxylic acids is 2. The van der Waals surface area contributed by atoms with Gasteiger partial charge in [-0.2, -0.15) is 0 Å². The van der Waals surface area contributed by atoms with Gasteiger partial charge in [0.25, 0.3) is 0 Å². The van der Waals surface area contributed by atoms with Crippen LogP contribution >= 0.6 is 0 Å². The largest absolute Gasteiger partial charge is 0.496 e. The van der Waals surface area contributed by atoms with E-state index < -0.39 is 18.0 Å². The van der Waals surface area contributed by atoms with E-state index in [9.17, 15) is 9.59 Å². The molecule has 1 aliphatic rings. The van der Waals surface area contributed by atoms with Crippen LogP contribution in [0.1, 0.15) is 23.7 Å². The Labute approximate surface area is 127 Å². The first-order chi connectivity index (χ1) is 10.6. The molecule has 5 nitrogen and oxygen atoms in total. The number of hydrogen-bond acceptors (Lipinski definition) is 5. The fourth-order valence-corrected chi connectivity index (χ4v) is 2.56. The van der Waals surface area contributed by atoms with Gasteiger partial charge in [-0.15, -0.1) is 0 Å². The first kappa shape index (κ1) is 14.4. The van der Waals surface area contributed by atoms with Crippen molar-refractivity contribution in [3.8, 4) is 5.75 Å². The van der Waals surface area contributed by atoms with Crippen LogP contribution in [0, 0.1) is 0 Å². The normalized spacial score (nSPS) is 20.7. The number of ether oxygens (including phenoxy) is 3. The average Bonchev–Trinajstić information content (AvgIpc) is 2.83. The second kappa shape index (κ2) is 5.67. The van der Waals surface area contributed by atoms with Gasteiger partial charge in [-0.25, -0.2) is 9.59 Å². The molecule has 1 heterocycles. The van der Waals surface area contributed by atoms with Crippen LogP contribution in [0.5, 0.6) is 5.75 Å². The second-order valence-electron chi connectivity index (χ2n) is 5.28. The number of rotatable bonds is 3. The summed E-state index contributed by atoms with van der Waals surface area (Å²) < 4.78 is 15.5. The van der Waals surface area contributed by atoms with Gasteiger partial charge in [0, 0.05) is 6.42 Å². The topological polar surface area (TPSA) is 61.8 Å². The molecule has 0 aromatic heterocycles. The molecule has 114 valence electrons. The van der Waals surface area contributed by atoms with Crippen LogP contribution in [-0.2, 0) is 14.3 Å². The number of methoxy groups -OCH3 is 1.